The molecule has 1 aromatic heterocycles. The molecule has 0 bridgehead atoms. The second kappa shape index (κ2) is 8.64. The molecule has 9 heteroatoms. The Morgan fingerprint density at radius 2 is 1.89 bits per heavy atom. The van der Waals surface area contributed by atoms with Crippen LogP contribution in [0.3, 0.4) is 0 Å². The Hall–Kier alpha value is -1.55. The van der Waals surface area contributed by atoms with E-state index in [4.69, 9.17) is 16.6 Å². The van der Waals surface area contributed by atoms with Gasteiger partial charge in [0, 0.05) is 18.7 Å². The zero-order chi connectivity index (χ0) is 19.4. The molecular formula is C18H26N4O3S2. The summed E-state index contributed by atoms with van der Waals surface area (Å²) in [5, 5.41) is 4.48. The average molecular weight is 411 g/mol. The third-order valence-corrected chi connectivity index (χ3v) is 7.15. The highest BCUT2D eigenvalue weighted by Gasteiger charge is 2.22. The van der Waals surface area contributed by atoms with E-state index in [-0.39, 0.29) is 4.90 Å². The quantitative estimate of drug-likeness (QED) is 0.652. The summed E-state index contributed by atoms with van der Waals surface area (Å²) in [6.07, 6.45) is 3.63. The van der Waals surface area contributed by atoms with Gasteiger partial charge in [-0.2, -0.15) is 4.31 Å². The predicted octanol–water partition coefficient (Wildman–Crippen LogP) is 3.35. The maximum Gasteiger partial charge on any atom is 0.288 e. The van der Waals surface area contributed by atoms with Crippen LogP contribution in [0.1, 0.15) is 33.1 Å². The van der Waals surface area contributed by atoms with Crippen molar-refractivity contribution in [2.45, 2.75) is 44.7 Å². The van der Waals surface area contributed by atoms with Crippen LogP contribution in [-0.2, 0) is 16.7 Å². The molecule has 7 nitrogen and oxygen atoms in total. The molecule has 0 atom stereocenters. The highest BCUT2D eigenvalue weighted by Crippen LogP contribution is 2.24. The fraction of sp³-hybridized carbons (Fsp3) is 0.556. The Morgan fingerprint density at radius 3 is 2.56 bits per heavy atom. The highest BCUT2D eigenvalue weighted by molar-refractivity contribution is 7.89. The van der Waals surface area contributed by atoms with E-state index < -0.39 is 10.0 Å². The summed E-state index contributed by atoms with van der Waals surface area (Å²) in [5.41, 5.74) is 0.603. The molecule has 27 heavy (non-hydrogen) atoms. The molecule has 0 N–H and O–H groups in total. The molecule has 1 aliphatic heterocycles. The lowest BCUT2D eigenvalue weighted by Crippen LogP contribution is -2.32. The molecule has 1 saturated heterocycles. The number of hydrogen-bond acceptors (Lipinski definition) is 6. The Bertz CT molecular complexity index is 926. The molecule has 1 aliphatic rings. The van der Waals surface area contributed by atoms with Crippen LogP contribution in [0, 0.1) is 4.84 Å². The standard InChI is InChI=1S/C18H26N4O3S2/c1-3-21(4-2)27(23,24)16-10-8-9-15(13-16)17-19-22(18(26)25-17)14-20-11-6-5-7-12-20/h8-10,13H,3-7,11-12,14H2,1-2H3. The van der Waals surface area contributed by atoms with Crippen LogP contribution in [0.5, 0.6) is 0 Å². The van der Waals surface area contributed by atoms with Crippen LogP contribution < -0.4 is 0 Å². The van der Waals surface area contributed by atoms with Crippen molar-refractivity contribution < 1.29 is 12.8 Å². The number of sulfonamides is 1. The molecule has 148 valence electrons. The summed E-state index contributed by atoms with van der Waals surface area (Å²) >= 11 is 5.31. The third kappa shape index (κ3) is 4.48. The number of likely N-dealkylation sites (tertiary alicyclic amines) is 1. The van der Waals surface area contributed by atoms with Crippen molar-refractivity contribution in [3.63, 3.8) is 0 Å². The van der Waals surface area contributed by atoms with Gasteiger partial charge in [-0.15, -0.1) is 5.10 Å². The predicted molar refractivity (Wildman–Crippen MR) is 106 cm³/mol. The van der Waals surface area contributed by atoms with Gasteiger partial charge in [-0.05, 0) is 56.3 Å². The molecule has 3 rings (SSSR count). The molecule has 1 fully saturated rings. The van der Waals surface area contributed by atoms with Gasteiger partial charge in [0.15, 0.2) is 0 Å². The van der Waals surface area contributed by atoms with Gasteiger partial charge in [0.25, 0.3) is 4.84 Å². The number of aromatic nitrogens is 2. The first kappa shape index (κ1) is 20.2. The summed E-state index contributed by atoms with van der Waals surface area (Å²) in [7, 11) is -3.53. The summed E-state index contributed by atoms with van der Waals surface area (Å²) in [6, 6.07) is 6.68. The minimum atomic E-state index is -3.53. The molecule has 0 unspecified atom stereocenters. The maximum atomic E-state index is 12.8. The Morgan fingerprint density at radius 1 is 1.19 bits per heavy atom. The fourth-order valence-corrected chi connectivity index (χ4v) is 4.99. The topological polar surface area (TPSA) is 71.6 Å². The number of benzene rings is 1. The Balaban J connectivity index is 1.87. The first-order valence-electron chi connectivity index (χ1n) is 9.36. The largest absolute Gasteiger partial charge is 0.409 e. The second-order valence-corrected chi connectivity index (χ2v) is 8.90. The average Bonchev–Trinajstić information content (AvgIpc) is 3.04. The highest BCUT2D eigenvalue weighted by atomic mass is 32.2. The minimum Gasteiger partial charge on any atom is -0.409 e. The molecule has 0 radical (unpaired) electrons. The van der Waals surface area contributed by atoms with Crippen molar-refractivity contribution in [2.24, 2.45) is 0 Å². The number of nitrogens with zero attached hydrogens (tertiary/aromatic N) is 4. The van der Waals surface area contributed by atoms with E-state index in [1.165, 1.54) is 23.6 Å². The SMILES string of the molecule is CCN(CC)S(=O)(=O)c1cccc(-c2nn(CN3CCCCC3)c(=S)o2)c1. The summed E-state index contributed by atoms with van der Waals surface area (Å²) in [5.74, 6) is 0.341. The van der Waals surface area contributed by atoms with Crippen LogP contribution in [0.15, 0.2) is 33.6 Å². The molecule has 2 heterocycles. The zero-order valence-corrected chi connectivity index (χ0v) is 17.4. The normalized spacial score (nSPS) is 16.1. The summed E-state index contributed by atoms with van der Waals surface area (Å²) in [4.78, 5) is 2.83. The smallest absolute Gasteiger partial charge is 0.288 e. The van der Waals surface area contributed by atoms with E-state index in [0.29, 0.717) is 36.0 Å². The van der Waals surface area contributed by atoms with Crippen LogP contribution in [0.2, 0.25) is 0 Å². The summed E-state index contributed by atoms with van der Waals surface area (Å²) < 4.78 is 34.3. The fourth-order valence-electron chi connectivity index (χ4n) is 3.30. The van der Waals surface area contributed by atoms with Crippen molar-refractivity contribution in [1.29, 1.82) is 0 Å². The van der Waals surface area contributed by atoms with Crippen LogP contribution >= 0.6 is 12.2 Å². The van der Waals surface area contributed by atoms with Gasteiger partial charge in [-0.1, -0.05) is 26.3 Å². The molecule has 0 saturated carbocycles. The van der Waals surface area contributed by atoms with Gasteiger partial charge in [0.05, 0.1) is 11.6 Å². The molecule has 1 aromatic carbocycles. The molecule has 0 spiro atoms. The molecule has 0 aliphatic carbocycles. The van der Waals surface area contributed by atoms with E-state index in [0.717, 1.165) is 13.1 Å². The lowest BCUT2D eigenvalue weighted by molar-refractivity contribution is 0.170. The van der Waals surface area contributed by atoms with E-state index in [9.17, 15) is 8.42 Å². The van der Waals surface area contributed by atoms with E-state index in [1.54, 1.807) is 28.9 Å². The van der Waals surface area contributed by atoms with Gasteiger partial charge in [0.2, 0.25) is 15.9 Å². The molecular weight excluding hydrogens is 384 g/mol. The van der Waals surface area contributed by atoms with Crippen LogP contribution in [0.25, 0.3) is 11.5 Å². The lowest BCUT2D eigenvalue weighted by atomic mass is 10.1. The van der Waals surface area contributed by atoms with Gasteiger partial charge >= 0.3 is 0 Å². The van der Waals surface area contributed by atoms with Crippen molar-refractivity contribution >= 4 is 22.2 Å². The van der Waals surface area contributed by atoms with Crippen LogP contribution in [-0.4, -0.2) is 53.6 Å². The Labute approximate surface area is 165 Å². The number of hydrogen-bond donors (Lipinski definition) is 0. The summed E-state index contributed by atoms with van der Waals surface area (Å²) in [6.45, 7) is 7.16. The van der Waals surface area contributed by atoms with Gasteiger partial charge in [-0.3, -0.25) is 4.90 Å². The number of rotatable bonds is 7. The van der Waals surface area contributed by atoms with Crippen molar-refractivity contribution in [2.75, 3.05) is 26.2 Å². The van der Waals surface area contributed by atoms with Crippen molar-refractivity contribution in [1.82, 2.24) is 19.0 Å². The number of piperidine rings is 1. The van der Waals surface area contributed by atoms with E-state index >= 15 is 0 Å². The Kier molecular flexibility index (Phi) is 6.46. The van der Waals surface area contributed by atoms with Gasteiger partial charge in [0.1, 0.15) is 0 Å². The van der Waals surface area contributed by atoms with Crippen molar-refractivity contribution in [3.8, 4) is 11.5 Å². The maximum absolute atomic E-state index is 12.8. The molecule has 0 amide bonds. The minimum absolute atomic E-state index is 0.232. The lowest BCUT2D eigenvalue weighted by Gasteiger charge is -2.25. The first-order chi connectivity index (χ1) is 13.0. The second-order valence-electron chi connectivity index (χ2n) is 6.61. The van der Waals surface area contributed by atoms with E-state index in [2.05, 4.69) is 10.00 Å². The van der Waals surface area contributed by atoms with Gasteiger partial charge in [-0.25, -0.2) is 13.1 Å². The van der Waals surface area contributed by atoms with E-state index in [1.807, 2.05) is 13.8 Å². The first-order valence-corrected chi connectivity index (χ1v) is 11.2. The van der Waals surface area contributed by atoms with Crippen LogP contribution in [0.4, 0.5) is 0 Å². The molecule has 2 aromatic rings. The monoisotopic (exact) mass is 410 g/mol. The zero-order valence-electron chi connectivity index (χ0n) is 15.8. The van der Waals surface area contributed by atoms with Crippen molar-refractivity contribution in [3.05, 3.63) is 29.1 Å². The third-order valence-electron chi connectivity index (χ3n) is 4.81. The van der Waals surface area contributed by atoms with Gasteiger partial charge < -0.3 is 4.42 Å².